The summed E-state index contributed by atoms with van der Waals surface area (Å²) in [5.41, 5.74) is 5.02. The van der Waals surface area contributed by atoms with Crippen molar-refractivity contribution in [1.29, 1.82) is 0 Å². The third-order valence-electron chi connectivity index (χ3n) is 4.87. The topological polar surface area (TPSA) is 67.8 Å². The van der Waals surface area contributed by atoms with Crippen LogP contribution in [0.25, 0.3) is 10.8 Å². The van der Waals surface area contributed by atoms with Crippen LogP contribution >= 0.6 is 15.9 Å². The Morgan fingerprint density at radius 3 is 2.53 bits per heavy atom. The first-order chi connectivity index (χ1) is 15.5. The van der Waals surface area contributed by atoms with E-state index in [1.807, 2.05) is 55.5 Å². The van der Waals surface area contributed by atoms with Crippen LogP contribution in [0.2, 0.25) is 0 Å². The van der Waals surface area contributed by atoms with Crippen LogP contribution in [0.3, 0.4) is 0 Å². The largest absolute Gasteiger partial charge is 0.422 e. The average molecular weight is 487 g/mol. The number of benzene rings is 4. The standard InChI is InChI=1S/C26H19BrN2O3/c1-17-7-6-9-19(15-17)26(31)32-24-14-13-18-8-2-3-10-20(18)22(24)16-28-29-25(30)21-11-4-5-12-23(21)27/h2-16H,1H3,(H,29,30)/b28-16+. The van der Waals surface area contributed by atoms with Crippen LogP contribution in [-0.2, 0) is 0 Å². The maximum atomic E-state index is 12.7. The molecule has 0 aliphatic rings. The highest BCUT2D eigenvalue weighted by atomic mass is 79.9. The van der Waals surface area contributed by atoms with Crippen molar-refractivity contribution in [2.24, 2.45) is 5.10 Å². The lowest BCUT2D eigenvalue weighted by Crippen LogP contribution is -2.18. The Labute approximate surface area is 193 Å². The third-order valence-corrected chi connectivity index (χ3v) is 5.56. The molecule has 0 saturated carbocycles. The molecule has 0 bridgehead atoms. The lowest BCUT2D eigenvalue weighted by Gasteiger charge is -2.11. The lowest BCUT2D eigenvalue weighted by molar-refractivity contribution is 0.0734. The monoisotopic (exact) mass is 486 g/mol. The van der Waals surface area contributed by atoms with Gasteiger partial charge in [-0.3, -0.25) is 4.79 Å². The number of nitrogens with zero attached hydrogens (tertiary/aromatic N) is 1. The van der Waals surface area contributed by atoms with Crippen molar-refractivity contribution >= 4 is 44.8 Å². The third kappa shape index (κ3) is 4.76. The fraction of sp³-hybridized carbons (Fsp3) is 0.0385. The van der Waals surface area contributed by atoms with Gasteiger partial charge in [0, 0.05) is 10.0 Å². The molecule has 0 aromatic heterocycles. The summed E-state index contributed by atoms with van der Waals surface area (Å²) in [6.07, 6.45) is 1.50. The van der Waals surface area contributed by atoms with Gasteiger partial charge in [-0.1, -0.05) is 60.2 Å². The maximum absolute atomic E-state index is 12.7. The number of ether oxygens (including phenoxy) is 1. The van der Waals surface area contributed by atoms with Gasteiger partial charge in [0.25, 0.3) is 5.91 Å². The highest BCUT2D eigenvalue weighted by molar-refractivity contribution is 9.10. The van der Waals surface area contributed by atoms with Gasteiger partial charge in [-0.25, -0.2) is 10.2 Å². The van der Waals surface area contributed by atoms with Gasteiger partial charge in [-0.2, -0.15) is 5.10 Å². The Hall–Kier alpha value is -3.77. The summed E-state index contributed by atoms with van der Waals surface area (Å²) in [5.74, 6) is -0.461. The number of hydrazone groups is 1. The zero-order chi connectivity index (χ0) is 22.5. The number of esters is 1. The summed E-state index contributed by atoms with van der Waals surface area (Å²) in [7, 11) is 0. The van der Waals surface area contributed by atoms with E-state index in [1.54, 1.807) is 36.4 Å². The van der Waals surface area contributed by atoms with Crippen LogP contribution in [-0.4, -0.2) is 18.1 Å². The van der Waals surface area contributed by atoms with Gasteiger partial charge >= 0.3 is 5.97 Å². The van der Waals surface area contributed by atoms with Crippen molar-refractivity contribution in [3.05, 3.63) is 112 Å². The maximum Gasteiger partial charge on any atom is 0.343 e. The normalized spacial score (nSPS) is 10.9. The van der Waals surface area contributed by atoms with Crippen molar-refractivity contribution in [3.8, 4) is 5.75 Å². The highest BCUT2D eigenvalue weighted by Gasteiger charge is 2.14. The van der Waals surface area contributed by atoms with Crippen molar-refractivity contribution < 1.29 is 14.3 Å². The Balaban J connectivity index is 1.64. The first-order valence-corrected chi connectivity index (χ1v) is 10.7. The summed E-state index contributed by atoms with van der Waals surface area (Å²) in [4.78, 5) is 25.2. The second-order valence-electron chi connectivity index (χ2n) is 7.14. The minimum absolute atomic E-state index is 0.354. The number of halogens is 1. The van der Waals surface area contributed by atoms with E-state index in [9.17, 15) is 9.59 Å². The van der Waals surface area contributed by atoms with E-state index in [0.717, 1.165) is 16.3 Å². The molecule has 5 nitrogen and oxygen atoms in total. The van der Waals surface area contributed by atoms with Gasteiger partial charge in [0.2, 0.25) is 0 Å². The van der Waals surface area contributed by atoms with Crippen LogP contribution in [0, 0.1) is 6.92 Å². The van der Waals surface area contributed by atoms with E-state index >= 15 is 0 Å². The fourth-order valence-corrected chi connectivity index (χ4v) is 3.75. The molecule has 6 heteroatoms. The van der Waals surface area contributed by atoms with Crippen molar-refractivity contribution in [2.75, 3.05) is 0 Å². The smallest absolute Gasteiger partial charge is 0.343 e. The van der Waals surface area contributed by atoms with Crippen LogP contribution in [0.4, 0.5) is 0 Å². The summed E-state index contributed by atoms with van der Waals surface area (Å²) < 4.78 is 6.38. The number of hydrogen-bond donors (Lipinski definition) is 1. The van der Waals surface area contributed by atoms with Crippen LogP contribution in [0.15, 0.2) is 94.5 Å². The van der Waals surface area contributed by atoms with Gasteiger partial charge < -0.3 is 4.74 Å². The first kappa shape index (κ1) is 21.5. The molecule has 0 saturated heterocycles. The average Bonchev–Trinajstić information content (AvgIpc) is 2.80. The number of aryl methyl sites for hydroxylation is 1. The van der Waals surface area contributed by atoms with E-state index < -0.39 is 5.97 Å². The Morgan fingerprint density at radius 1 is 0.938 bits per heavy atom. The second-order valence-corrected chi connectivity index (χ2v) is 7.99. The number of amides is 1. The summed E-state index contributed by atoms with van der Waals surface area (Å²) >= 11 is 3.36. The van der Waals surface area contributed by atoms with Crippen molar-refractivity contribution in [1.82, 2.24) is 5.43 Å². The van der Waals surface area contributed by atoms with Gasteiger partial charge in [-0.05, 0) is 64.0 Å². The molecule has 0 atom stereocenters. The molecule has 0 fully saturated rings. The molecule has 0 unspecified atom stereocenters. The molecule has 1 N–H and O–H groups in total. The predicted octanol–water partition coefficient (Wildman–Crippen LogP) is 5.89. The van der Waals surface area contributed by atoms with E-state index in [2.05, 4.69) is 26.5 Å². The Morgan fingerprint density at radius 2 is 1.72 bits per heavy atom. The van der Waals surface area contributed by atoms with Crippen LogP contribution < -0.4 is 10.2 Å². The molecule has 4 aromatic rings. The second kappa shape index (κ2) is 9.58. The van der Waals surface area contributed by atoms with Crippen LogP contribution in [0.5, 0.6) is 5.75 Å². The van der Waals surface area contributed by atoms with Gasteiger partial charge in [0.05, 0.1) is 17.3 Å². The molecule has 4 aromatic carbocycles. The van der Waals surface area contributed by atoms with E-state index in [4.69, 9.17) is 4.74 Å². The Bertz CT molecular complexity index is 1350. The number of nitrogens with one attached hydrogen (secondary N) is 1. The zero-order valence-corrected chi connectivity index (χ0v) is 18.8. The van der Waals surface area contributed by atoms with Gasteiger partial charge in [0.15, 0.2) is 0 Å². The minimum Gasteiger partial charge on any atom is -0.422 e. The zero-order valence-electron chi connectivity index (χ0n) is 17.2. The molecule has 0 aliphatic carbocycles. The van der Waals surface area contributed by atoms with E-state index in [0.29, 0.717) is 26.9 Å². The Kier molecular flexibility index (Phi) is 6.42. The van der Waals surface area contributed by atoms with E-state index in [1.165, 1.54) is 6.21 Å². The van der Waals surface area contributed by atoms with E-state index in [-0.39, 0.29) is 5.91 Å². The molecule has 0 spiro atoms. The van der Waals surface area contributed by atoms with Crippen LogP contribution in [0.1, 0.15) is 31.8 Å². The molecular formula is C26H19BrN2O3. The highest BCUT2D eigenvalue weighted by Crippen LogP contribution is 2.27. The lowest BCUT2D eigenvalue weighted by atomic mass is 10.0. The number of carbonyl (C=O) groups excluding carboxylic acids is 2. The van der Waals surface area contributed by atoms with Gasteiger partial charge in [0.1, 0.15) is 5.75 Å². The molecule has 1 amide bonds. The number of rotatable bonds is 5. The predicted molar refractivity (Wildman–Crippen MR) is 129 cm³/mol. The van der Waals surface area contributed by atoms with Crippen molar-refractivity contribution in [2.45, 2.75) is 6.92 Å². The quantitative estimate of drug-likeness (QED) is 0.165. The molecule has 32 heavy (non-hydrogen) atoms. The molecular weight excluding hydrogens is 468 g/mol. The molecule has 4 rings (SSSR count). The summed E-state index contributed by atoms with van der Waals surface area (Å²) in [6, 6.07) is 25.6. The number of carbonyl (C=O) groups is 2. The minimum atomic E-state index is -0.462. The molecule has 158 valence electrons. The number of fused-ring (bicyclic) bond motifs is 1. The van der Waals surface area contributed by atoms with Crippen molar-refractivity contribution in [3.63, 3.8) is 0 Å². The molecule has 0 aliphatic heterocycles. The fourth-order valence-electron chi connectivity index (χ4n) is 3.29. The SMILES string of the molecule is Cc1cccc(C(=O)Oc2ccc3ccccc3c2/C=N/NC(=O)c2ccccc2Br)c1. The summed E-state index contributed by atoms with van der Waals surface area (Å²) in [5, 5.41) is 5.94. The van der Waals surface area contributed by atoms with Gasteiger partial charge in [-0.15, -0.1) is 0 Å². The summed E-state index contributed by atoms with van der Waals surface area (Å²) in [6.45, 7) is 1.92. The first-order valence-electron chi connectivity index (χ1n) is 9.91. The molecule has 0 radical (unpaired) electrons. The molecule has 0 heterocycles. The number of hydrogen-bond acceptors (Lipinski definition) is 4.